The van der Waals surface area contributed by atoms with Crippen LogP contribution in [0.25, 0.3) is 116 Å². The Hall–Kier alpha value is -7.95. The number of para-hydroxylation sites is 3. The minimum atomic E-state index is 0.166. The Balaban J connectivity index is 1.09. The van der Waals surface area contributed by atoms with Gasteiger partial charge in [0.2, 0.25) is 0 Å². The zero-order chi connectivity index (χ0) is 47.5. The standard InChI is InChI=1S/C60H32B7N3/c61-52-48(35-27-29-46-42(31-35)49-39(34-17-6-2-7-18-34)23-14-26-47(49)68(46)36-19-8-3-9-20-36)53(62)57(66)59-50(52)51-54(63)55(64)56(65)58(67)60(51)69(59)37-28-30-45-41(32-37)40-22-11-13-25-44(40)70(45)43-24-12-10-21-38(43)33-15-4-1-5-16-33/h1-32H. The van der Waals surface area contributed by atoms with Crippen LogP contribution >= 0.6 is 0 Å². The smallest absolute Gasteiger partial charge is 0.115 e. The summed E-state index contributed by atoms with van der Waals surface area (Å²) >= 11 is 0. The number of benzene rings is 10. The lowest BCUT2D eigenvalue weighted by atomic mass is 9.64. The van der Waals surface area contributed by atoms with E-state index in [0.29, 0.717) is 43.8 Å². The SMILES string of the molecule is [B]c1c([B])c([B])c2c(c1[B])c1c([B])c(-c3ccc4c(c3)c3c(-c5ccccc5)cccc3n4-c3ccccc3)c([B])c([B])c1n2-c1ccc2c(c1)c1ccccc1n2-c1ccccc1-c1ccccc1. The fraction of sp³-hybridized carbons (Fsp3) is 0. The van der Waals surface area contributed by atoms with E-state index in [1.165, 1.54) is 0 Å². The van der Waals surface area contributed by atoms with Gasteiger partial charge in [-0.25, -0.2) is 0 Å². The van der Waals surface area contributed by atoms with Crippen LogP contribution in [-0.2, 0) is 0 Å². The molecule has 13 aromatic rings. The Labute approximate surface area is 414 Å². The molecule has 3 nitrogen and oxygen atoms in total. The largest absolute Gasteiger partial charge is 0.311 e. The summed E-state index contributed by atoms with van der Waals surface area (Å²) in [4.78, 5) is 0. The zero-order valence-electron chi connectivity index (χ0n) is 37.9. The van der Waals surface area contributed by atoms with Crippen molar-refractivity contribution in [2.24, 2.45) is 0 Å². The summed E-state index contributed by atoms with van der Waals surface area (Å²) in [5.41, 5.74) is 15.7. The third-order valence-corrected chi connectivity index (χ3v) is 14.2. The van der Waals surface area contributed by atoms with Gasteiger partial charge in [0, 0.05) is 54.9 Å². The molecule has 10 heteroatoms. The van der Waals surface area contributed by atoms with Gasteiger partial charge in [0.25, 0.3) is 0 Å². The van der Waals surface area contributed by atoms with E-state index >= 15 is 0 Å². The maximum atomic E-state index is 7.53. The van der Waals surface area contributed by atoms with Crippen LogP contribution in [-0.4, -0.2) is 68.6 Å². The summed E-state index contributed by atoms with van der Waals surface area (Å²) in [6, 6.07) is 67.3. The average Bonchev–Trinajstić information content (AvgIpc) is 4.06. The van der Waals surface area contributed by atoms with Crippen LogP contribution in [0.4, 0.5) is 0 Å². The number of hydrogen-bond donors (Lipinski definition) is 0. The molecule has 0 aliphatic rings. The number of aromatic nitrogens is 3. The molecule has 308 valence electrons. The summed E-state index contributed by atoms with van der Waals surface area (Å²) in [5.74, 6) is 0. The van der Waals surface area contributed by atoms with Crippen LogP contribution in [0.3, 0.4) is 0 Å². The van der Waals surface area contributed by atoms with Crippen molar-refractivity contribution in [2.45, 2.75) is 0 Å². The minimum absolute atomic E-state index is 0.166. The van der Waals surface area contributed by atoms with Crippen molar-refractivity contribution in [1.82, 2.24) is 13.7 Å². The molecule has 0 aliphatic carbocycles. The number of hydrogen-bond acceptors (Lipinski definition) is 0. The van der Waals surface area contributed by atoms with E-state index < -0.39 is 0 Å². The molecule has 0 saturated heterocycles. The highest BCUT2D eigenvalue weighted by Crippen LogP contribution is 2.42. The molecular weight excluding hydrogens is 838 g/mol. The van der Waals surface area contributed by atoms with Gasteiger partial charge in [-0.05, 0) is 93.9 Å². The Bertz CT molecular complexity index is 4310. The third-order valence-electron chi connectivity index (χ3n) is 14.2. The minimum Gasteiger partial charge on any atom is -0.311 e. The lowest BCUT2D eigenvalue weighted by Crippen LogP contribution is -2.48. The van der Waals surface area contributed by atoms with Gasteiger partial charge in [-0.15, -0.1) is 10.9 Å². The molecule has 10 aromatic carbocycles. The highest BCUT2D eigenvalue weighted by Gasteiger charge is 2.26. The lowest BCUT2D eigenvalue weighted by molar-refractivity contribution is 1.17. The molecule has 0 unspecified atom stereocenters. The topological polar surface area (TPSA) is 14.8 Å². The molecule has 0 atom stereocenters. The van der Waals surface area contributed by atoms with Gasteiger partial charge in [-0.2, -0.15) is 0 Å². The van der Waals surface area contributed by atoms with Crippen molar-refractivity contribution in [3.63, 3.8) is 0 Å². The fourth-order valence-electron chi connectivity index (χ4n) is 11.1. The van der Waals surface area contributed by atoms with Crippen LogP contribution in [0.1, 0.15) is 0 Å². The molecule has 3 aromatic heterocycles. The second-order valence-electron chi connectivity index (χ2n) is 18.0. The predicted octanol–water partition coefficient (Wildman–Crippen LogP) is 7.54. The van der Waals surface area contributed by atoms with Crippen molar-refractivity contribution < 1.29 is 0 Å². The molecule has 0 fully saturated rings. The number of nitrogens with zero attached hydrogens (tertiary/aromatic N) is 3. The van der Waals surface area contributed by atoms with Crippen LogP contribution in [0.2, 0.25) is 0 Å². The van der Waals surface area contributed by atoms with E-state index in [1.807, 2.05) is 22.8 Å². The summed E-state index contributed by atoms with van der Waals surface area (Å²) in [6.07, 6.45) is 0. The van der Waals surface area contributed by atoms with E-state index in [4.69, 9.17) is 54.9 Å². The first-order valence-electron chi connectivity index (χ1n) is 23.1. The van der Waals surface area contributed by atoms with Crippen molar-refractivity contribution in [3.05, 3.63) is 194 Å². The van der Waals surface area contributed by atoms with Crippen molar-refractivity contribution in [1.29, 1.82) is 0 Å². The molecule has 0 spiro atoms. The molecule has 0 saturated carbocycles. The predicted molar refractivity (Wildman–Crippen MR) is 303 cm³/mol. The van der Waals surface area contributed by atoms with E-state index in [0.717, 1.165) is 88.5 Å². The Kier molecular flexibility index (Phi) is 9.68. The summed E-state index contributed by atoms with van der Waals surface area (Å²) in [7, 11) is 49.7. The Morgan fingerprint density at radius 1 is 0.271 bits per heavy atom. The van der Waals surface area contributed by atoms with Crippen LogP contribution in [0, 0.1) is 0 Å². The lowest BCUT2D eigenvalue weighted by Gasteiger charge is -2.19. The van der Waals surface area contributed by atoms with Gasteiger partial charge in [-0.1, -0.05) is 161 Å². The zero-order valence-corrected chi connectivity index (χ0v) is 37.9. The molecule has 0 N–H and O–H groups in total. The second kappa shape index (κ2) is 16.1. The first-order chi connectivity index (χ1) is 34.2. The highest BCUT2D eigenvalue weighted by molar-refractivity contribution is 6.69. The highest BCUT2D eigenvalue weighted by atomic mass is 15.0. The van der Waals surface area contributed by atoms with Gasteiger partial charge in [0.15, 0.2) is 0 Å². The van der Waals surface area contributed by atoms with Crippen LogP contribution in [0.5, 0.6) is 0 Å². The van der Waals surface area contributed by atoms with E-state index in [-0.39, 0.29) is 21.9 Å². The Morgan fingerprint density at radius 2 is 0.814 bits per heavy atom. The van der Waals surface area contributed by atoms with E-state index in [9.17, 15) is 0 Å². The maximum Gasteiger partial charge on any atom is 0.115 e. The average molecular weight is 871 g/mol. The molecule has 0 aliphatic heterocycles. The van der Waals surface area contributed by atoms with Crippen LogP contribution < -0.4 is 38.2 Å². The molecule has 13 rings (SSSR count). The third kappa shape index (κ3) is 6.05. The first kappa shape index (κ1) is 42.2. The van der Waals surface area contributed by atoms with Gasteiger partial charge >= 0.3 is 0 Å². The molecule has 0 amide bonds. The second-order valence-corrected chi connectivity index (χ2v) is 18.0. The van der Waals surface area contributed by atoms with Crippen LogP contribution in [0.15, 0.2) is 194 Å². The fourth-order valence-corrected chi connectivity index (χ4v) is 11.1. The first-order valence-corrected chi connectivity index (χ1v) is 23.1. The molecule has 14 radical (unpaired) electrons. The molecule has 0 bridgehead atoms. The molecule has 3 heterocycles. The normalized spacial score (nSPS) is 11.8. The molecule has 70 heavy (non-hydrogen) atoms. The summed E-state index contributed by atoms with van der Waals surface area (Å²) in [6.45, 7) is 0. The number of fused-ring (bicyclic) bond motifs is 9. The number of rotatable bonds is 6. The van der Waals surface area contributed by atoms with Gasteiger partial charge in [-0.3, -0.25) is 0 Å². The van der Waals surface area contributed by atoms with Gasteiger partial charge in [0.1, 0.15) is 54.9 Å². The van der Waals surface area contributed by atoms with E-state index in [1.54, 1.807) is 0 Å². The van der Waals surface area contributed by atoms with Gasteiger partial charge < -0.3 is 13.7 Å². The maximum absolute atomic E-state index is 7.53. The quantitative estimate of drug-likeness (QED) is 0.154. The van der Waals surface area contributed by atoms with Gasteiger partial charge in [0.05, 0.1) is 27.8 Å². The Morgan fingerprint density at radius 3 is 1.56 bits per heavy atom. The van der Waals surface area contributed by atoms with Crippen molar-refractivity contribution >= 4 is 159 Å². The summed E-state index contributed by atoms with van der Waals surface area (Å²) < 4.78 is 6.61. The van der Waals surface area contributed by atoms with Crippen molar-refractivity contribution in [3.8, 4) is 50.4 Å². The summed E-state index contributed by atoms with van der Waals surface area (Å²) in [5, 5.41) is 5.30. The van der Waals surface area contributed by atoms with Crippen molar-refractivity contribution in [2.75, 3.05) is 0 Å². The molecular formula is C60H32B7N3. The van der Waals surface area contributed by atoms with E-state index in [2.05, 4.69) is 185 Å². The monoisotopic (exact) mass is 871 g/mol.